The fraction of sp³-hybridized carbons (Fsp3) is 0.407. The largest absolute Gasteiger partial charge is 0.484 e. The Kier molecular flexibility index (Phi) is 11.9. The fourth-order valence-corrected chi connectivity index (χ4v) is 3.08. The van der Waals surface area contributed by atoms with E-state index in [0.29, 0.717) is 23.3 Å². The van der Waals surface area contributed by atoms with Crippen molar-refractivity contribution < 1.29 is 28.7 Å². The Bertz CT molecular complexity index is 952. The molecule has 2 aromatic carbocycles. The minimum atomic E-state index is -0.514. The molecule has 2 aromatic rings. The minimum Gasteiger partial charge on any atom is -0.484 e. The van der Waals surface area contributed by atoms with Crippen LogP contribution in [0.1, 0.15) is 69.9 Å². The number of carbonyl (C=O) groups is 4. The lowest BCUT2D eigenvalue weighted by molar-refractivity contribution is -0.131. The van der Waals surface area contributed by atoms with E-state index in [-0.39, 0.29) is 32.5 Å². The van der Waals surface area contributed by atoms with Crippen LogP contribution < -0.4 is 31.2 Å². The average Bonchev–Trinajstić information content (AvgIpc) is 2.88. The van der Waals surface area contributed by atoms with Gasteiger partial charge in [-0.2, -0.15) is 0 Å². The Morgan fingerprint density at radius 2 is 0.892 bits per heavy atom. The number of hydrogen-bond acceptors (Lipinski definition) is 6. The van der Waals surface area contributed by atoms with Crippen LogP contribution in [0.2, 0.25) is 0 Å². The predicted molar refractivity (Wildman–Crippen MR) is 138 cm³/mol. The number of ether oxygens (including phenoxy) is 2. The van der Waals surface area contributed by atoms with Crippen LogP contribution in [0, 0.1) is 0 Å². The number of amides is 4. The van der Waals surface area contributed by atoms with Gasteiger partial charge in [-0.05, 0) is 53.6 Å². The fourth-order valence-electron chi connectivity index (χ4n) is 3.08. The van der Waals surface area contributed by atoms with Crippen LogP contribution in [0.25, 0.3) is 0 Å². The Morgan fingerprint density at radius 3 is 1.22 bits per heavy atom. The predicted octanol–water partition coefficient (Wildman–Crippen LogP) is 2.86. The summed E-state index contributed by atoms with van der Waals surface area (Å²) in [6, 6.07) is 14.9. The highest BCUT2D eigenvalue weighted by Crippen LogP contribution is 2.19. The van der Waals surface area contributed by atoms with Crippen LogP contribution in [0.4, 0.5) is 0 Å². The zero-order valence-electron chi connectivity index (χ0n) is 21.8. The summed E-state index contributed by atoms with van der Waals surface area (Å²) < 4.78 is 10.8. The molecular formula is C27H36N4O6. The van der Waals surface area contributed by atoms with Crippen molar-refractivity contribution in [2.75, 3.05) is 13.2 Å². The maximum absolute atomic E-state index is 11.9. The van der Waals surface area contributed by atoms with E-state index in [1.54, 1.807) is 24.3 Å². The lowest BCUT2D eigenvalue weighted by atomic mass is 10.0. The number of rotatable bonds is 12. The standard InChI is InChI=1S/C27H36N4O6/c1-18(2)20-8-12-22(13-9-20)36-16-26(34)30-28-24(32)6-5-7-25(33)29-31-27(35)17-37-23-14-10-21(11-15-23)19(3)4/h8-15,18-19H,5-7,16-17H2,1-4H3,(H,28,32)(H,29,33)(H,30,34)(H,31,35). The van der Waals surface area contributed by atoms with Crippen LogP contribution in [0.3, 0.4) is 0 Å². The Labute approximate surface area is 217 Å². The summed E-state index contributed by atoms with van der Waals surface area (Å²) in [4.78, 5) is 47.4. The highest BCUT2D eigenvalue weighted by atomic mass is 16.5. The Hall–Kier alpha value is -4.08. The first-order valence-corrected chi connectivity index (χ1v) is 12.2. The maximum atomic E-state index is 11.9. The van der Waals surface area contributed by atoms with Crippen LogP contribution in [0.15, 0.2) is 48.5 Å². The molecule has 0 unspecified atom stereocenters. The zero-order valence-corrected chi connectivity index (χ0v) is 21.8. The first-order chi connectivity index (χ1) is 17.6. The number of hydrazine groups is 2. The summed E-state index contributed by atoms with van der Waals surface area (Å²) in [5, 5.41) is 0. The molecule has 0 heterocycles. The van der Waals surface area contributed by atoms with Gasteiger partial charge in [-0.25, -0.2) is 0 Å². The van der Waals surface area contributed by atoms with Crippen LogP contribution >= 0.6 is 0 Å². The van der Waals surface area contributed by atoms with Crippen molar-refractivity contribution in [2.24, 2.45) is 0 Å². The molecule has 10 heteroatoms. The number of nitrogens with one attached hydrogen (secondary N) is 4. The van der Waals surface area contributed by atoms with Gasteiger partial charge in [0.1, 0.15) is 11.5 Å². The zero-order chi connectivity index (χ0) is 27.2. The van der Waals surface area contributed by atoms with Gasteiger partial charge in [0.15, 0.2) is 13.2 Å². The van der Waals surface area contributed by atoms with Crippen molar-refractivity contribution in [3.63, 3.8) is 0 Å². The van der Waals surface area contributed by atoms with Crippen LogP contribution in [0.5, 0.6) is 11.5 Å². The second-order valence-electron chi connectivity index (χ2n) is 9.07. The van der Waals surface area contributed by atoms with Crippen molar-refractivity contribution in [2.45, 2.75) is 58.8 Å². The van der Waals surface area contributed by atoms with Crippen molar-refractivity contribution in [1.29, 1.82) is 0 Å². The van der Waals surface area contributed by atoms with Gasteiger partial charge >= 0.3 is 0 Å². The second kappa shape index (κ2) is 15.1. The third kappa shape index (κ3) is 11.5. The first kappa shape index (κ1) is 29.2. The van der Waals surface area contributed by atoms with E-state index < -0.39 is 23.6 Å². The van der Waals surface area contributed by atoms with Gasteiger partial charge in [0, 0.05) is 12.8 Å². The molecule has 0 aliphatic heterocycles. The van der Waals surface area contributed by atoms with Crippen LogP contribution in [-0.2, 0) is 19.2 Å². The van der Waals surface area contributed by atoms with Gasteiger partial charge in [-0.1, -0.05) is 52.0 Å². The summed E-state index contributed by atoms with van der Waals surface area (Å²) in [6.45, 7) is 7.83. The Morgan fingerprint density at radius 1 is 0.568 bits per heavy atom. The summed E-state index contributed by atoms with van der Waals surface area (Å²) in [5.74, 6) is -0.0381. The molecule has 0 saturated carbocycles. The molecule has 0 aliphatic carbocycles. The molecule has 0 aliphatic rings. The first-order valence-electron chi connectivity index (χ1n) is 12.2. The highest BCUT2D eigenvalue weighted by Gasteiger charge is 2.10. The molecule has 0 aromatic heterocycles. The van der Waals surface area contributed by atoms with E-state index in [1.807, 2.05) is 24.3 Å². The second-order valence-corrected chi connectivity index (χ2v) is 9.07. The maximum Gasteiger partial charge on any atom is 0.276 e. The van der Waals surface area contributed by atoms with Gasteiger partial charge in [0.05, 0.1) is 0 Å². The lowest BCUT2D eigenvalue weighted by Crippen LogP contribution is -2.44. The third-order valence-electron chi connectivity index (χ3n) is 5.32. The molecule has 0 bridgehead atoms. The quantitative estimate of drug-likeness (QED) is 0.323. The molecule has 0 saturated heterocycles. The summed E-state index contributed by atoms with van der Waals surface area (Å²) in [7, 11) is 0. The monoisotopic (exact) mass is 512 g/mol. The average molecular weight is 513 g/mol. The smallest absolute Gasteiger partial charge is 0.276 e. The summed E-state index contributed by atoms with van der Waals surface area (Å²) in [6.07, 6.45) is 0.240. The molecule has 0 fully saturated rings. The van der Waals surface area contributed by atoms with E-state index in [1.165, 1.54) is 0 Å². The van der Waals surface area contributed by atoms with Crippen molar-refractivity contribution in [3.8, 4) is 11.5 Å². The van der Waals surface area contributed by atoms with Gasteiger partial charge in [0.25, 0.3) is 11.8 Å². The number of benzene rings is 2. The SMILES string of the molecule is CC(C)c1ccc(OCC(=O)NNC(=O)CCCC(=O)NNC(=O)COc2ccc(C(C)C)cc2)cc1. The minimum absolute atomic E-state index is 0.00858. The molecule has 0 atom stereocenters. The van der Waals surface area contributed by atoms with E-state index >= 15 is 0 Å². The molecule has 200 valence electrons. The lowest BCUT2D eigenvalue weighted by Gasteiger charge is -2.11. The van der Waals surface area contributed by atoms with E-state index in [4.69, 9.17) is 9.47 Å². The van der Waals surface area contributed by atoms with E-state index in [2.05, 4.69) is 49.4 Å². The molecular weight excluding hydrogens is 476 g/mol. The van der Waals surface area contributed by atoms with Crippen molar-refractivity contribution in [1.82, 2.24) is 21.7 Å². The molecule has 0 radical (unpaired) electrons. The molecule has 4 N–H and O–H groups in total. The topological polar surface area (TPSA) is 135 Å². The van der Waals surface area contributed by atoms with Gasteiger partial charge in [0.2, 0.25) is 11.8 Å². The van der Waals surface area contributed by atoms with E-state index in [0.717, 1.165) is 11.1 Å². The molecule has 4 amide bonds. The molecule has 37 heavy (non-hydrogen) atoms. The third-order valence-corrected chi connectivity index (χ3v) is 5.32. The molecule has 10 nitrogen and oxygen atoms in total. The van der Waals surface area contributed by atoms with Crippen molar-refractivity contribution >= 4 is 23.6 Å². The normalized spacial score (nSPS) is 10.5. The van der Waals surface area contributed by atoms with Crippen LogP contribution in [-0.4, -0.2) is 36.8 Å². The number of carbonyl (C=O) groups excluding carboxylic acids is 4. The summed E-state index contributed by atoms with van der Waals surface area (Å²) in [5.41, 5.74) is 11.4. The van der Waals surface area contributed by atoms with E-state index in [9.17, 15) is 19.2 Å². The highest BCUT2D eigenvalue weighted by molar-refractivity contribution is 5.84. The van der Waals surface area contributed by atoms with Gasteiger partial charge in [-0.15, -0.1) is 0 Å². The Balaban J connectivity index is 1.53. The number of hydrogen-bond donors (Lipinski definition) is 4. The summed E-state index contributed by atoms with van der Waals surface area (Å²) >= 11 is 0. The molecule has 0 spiro atoms. The van der Waals surface area contributed by atoms with Gasteiger partial charge < -0.3 is 9.47 Å². The van der Waals surface area contributed by atoms with Gasteiger partial charge in [-0.3, -0.25) is 40.9 Å². The van der Waals surface area contributed by atoms with Crippen molar-refractivity contribution in [3.05, 3.63) is 59.7 Å². The molecule has 2 rings (SSSR count).